The number of aliphatic imine (C=N–C) groups is 1. The molecule has 0 heterocycles. The second kappa shape index (κ2) is 6.72. The highest BCUT2D eigenvalue weighted by molar-refractivity contribution is 5.97. The molecular formula is C20H17NO. The van der Waals surface area contributed by atoms with Gasteiger partial charge in [-0.25, -0.2) is 4.99 Å². The average molecular weight is 287 g/mol. The lowest BCUT2D eigenvalue weighted by Crippen LogP contribution is -2.02. The summed E-state index contributed by atoms with van der Waals surface area (Å²) in [4.78, 5) is 4.72. The third kappa shape index (κ3) is 3.07. The van der Waals surface area contributed by atoms with Crippen molar-refractivity contribution in [2.75, 3.05) is 7.11 Å². The topological polar surface area (TPSA) is 21.6 Å². The summed E-state index contributed by atoms with van der Waals surface area (Å²) in [5, 5.41) is 0. The van der Waals surface area contributed by atoms with Crippen LogP contribution in [0.3, 0.4) is 0 Å². The molecule has 22 heavy (non-hydrogen) atoms. The molecule has 0 unspecified atom stereocenters. The first-order valence-corrected chi connectivity index (χ1v) is 7.21. The van der Waals surface area contributed by atoms with E-state index in [1.807, 2.05) is 66.7 Å². The summed E-state index contributed by atoms with van der Waals surface area (Å²) in [6.45, 7) is 0. The second-order valence-electron chi connectivity index (χ2n) is 4.87. The van der Waals surface area contributed by atoms with Gasteiger partial charge in [0.25, 0.3) is 0 Å². The average Bonchev–Trinajstić information content (AvgIpc) is 2.61. The van der Waals surface area contributed by atoms with E-state index in [1.54, 1.807) is 7.11 Å². The van der Waals surface area contributed by atoms with Gasteiger partial charge in [0.2, 0.25) is 5.90 Å². The van der Waals surface area contributed by atoms with Crippen molar-refractivity contribution in [1.82, 2.24) is 0 Å². The fourth-order valence-electron chi connectivity index (χ4n) is 2.35. The molecule has 0 bridgehead atoms. The molecule has 2 heteroatoms. The van der Waals surface area contributed by atoms with Crippen molar-refractivity contribution in [2.24, 2.45) is 4.99 Å². The first kappa shape index (κ1) is 14.1. The first-order valence-electron chi connectivity index (χ1n) is 7.21. The van der Waals surface area contributed by atoms with Crippen LogP contribution in [0.5, 0.6) is 0 Å². The van der Waals surface area contributed by atoms with Crippen LogP contribution in [0.1, 0.15) is 5.56 Å². The van der Waals surface area contributed by atoms with Gasteiger partial charge in [0.05, 0.1) is 12.8 Å². The molecule has 3 rings (SSSR count). The largest absolute Gasteiger partial charge is 0.481 e. The zero-order chi connectivity index (χ0) is 15.2. The Morgan fingerprint density at radius 3 is 2.00 bits per heavy atom. The highest BCUT2D eigenvalue weighted by Crippen LogP contribution is 2.30. The maximum absolute atomic E-state index is 5.48. The van der Waals surface area contributed by atoms with Crippen LogP contribution in [-0.2, 0) is 4.74 Å². The molecule has 0 aromatic heterocycles. The third-order valence-electron chi connectivity index (χ3n) is 3.42. The summed E-state index contributed by atoms with van der Waals surface area (Å²) in [6, 6.07) is 28.3. The van der Waals surface area contributed by atoms with Gasteiger partial charge in [0, 0.05) is 11.1 Å². The van der Waals surface area contributed by atoms with Gasteiger partial charge in [-0.05, 0) is 23.8 Å². The zero-order valence-electron chi connectivity index (χ0n) is 12.4. The van der Waals surface area contributed by atoms with E-state index in [4.69, 9.17) is 9.73 Å². The lowest BCUT2D eigenvalue weighted by molar-refractivity contribution is 0.405. The van der Waals surface area contributed by atoms with E-state index in [9.17, 15) is 0 Å². The van der Waals surface area contributed by atoms with Gasteiger partial charge in [0.15, 0.2) is 0 Å². The van der Waals surface area contributed by atoms with E-state index in [1.165, 1.54) is 0 Å². The summed E-state index contributed by atoms with van der Waals surface area (Å²) < 4.78 is 5.48. The molecule has 0 aliphatic rings. The van der Waals surface area contributed by atoms with E-state index in [-0.39, 0.29) is 0 Å². The molecule has 3 aromatic rings. The molecule has 0 aliphatic carbocycles. The number of nitrogens with zero attached hydrogens (tertiary/aromatic N) is 1. The summed E-state index contributed by atoms with van der Waals surface area (Å²) >= 11 is 0. The molecule has 0 aliphatic heterocycles. The lowest BCUT2D eigenvalue weighted by Gasteiger charge is -2.09. The molecule has 0 amide bonds. The highest BCUT2D eigenvalue weighted by Gasteiger charge is 2.07. The minimum absolute atomic E-state index is 0.615. The van der Waals surface area contributed by atoms with Gasteiger partial charge < -0.3 is 4.74 Å². The standard InChI is InChI=1S/C20H17NO/c1-22-20(17-12-6-3-7-13-17)21-19-15-9-8-14-18(19)16-10-4-2-5-11-16/h2-15H,1H3. The molecule has 0 N–H and O–H groups in total. The van der Waals surface area contributed by atoms with Crippen LogP contribution in [-0.4, -0.2) is 13.0 Å². The SMILES string of the molecule is COC(=Nc1ccccc1-c1ccccc1)c1ccccc1. The van der Waals surface area contributed by atoms with E-state index in [2.05, 4.69) is 18.2 Å². The maximum Gasteiger partial charge on any atom is 0.221 e. The number of rotatable bonds is 3. The van der Waals surface area contributed by atoms with E-state index >= 15 is 0 Å². The fourth-order valence-corrected chi connectivity index (χ4v) is 2.35. The Balaban J connectivity index is 2.07. The van der Waals surface area contributed by atoms with Gasteiger partial charge in [-0.15, -0.1) is 0 Å². The molecular weight excluding hydrogens is 270 g/mol. The minimum Gasteiger partial charge on any atom is -0.481 e. The van der Waals surface area contributed by atoms with Crippen LogP contribution in [0, 0.1) is 0 Å². The molecule has 0 saturated carbocycles. The van der Waals surface area contributed by atoms with Crippen LogP contribution in [0.2, 0.25) is 0 Å². The number of ether oxygens (including phenoxy) is 1. The Bertz CT molecular complexity index is 764. The predicted molar refractivity (Wildman–Crippen MR) is 91.5 cm³/mol. The Labute approximate surface area is 130 Å². The van der Waals surface area contributed by atoms with Crippen molar-refractivity contribution >= 4 is 11.6 Å². The number of benzene rings is 3. The number of hydrogen-bond acceptors (Lipinski definition) is 2. The fraction of sp³-hybridized carbons (Fsp3) is 0.0500. The quantitative estimate of drug-likeness (QED) is 0.486. The van der Waals surface area contributed by atoms with Gasteiger partial charge in [-0.3, -0.25) is 0 Å². The Kier molecular flexibility index (Phi) is 4.30. The molecule has 3 aromatic carbocycles. The van der Waals surface area contributed by atoms with Crippen LogP contribution in [0.4, 0.5) is 5.69 Å². The molecule has 0 radical (unpaired) electrons. The second-order valence-corrected chi connectivity index (χ2v) is 4.87. The van der Waals surface area contributed by atoms with Crippen molar-refractivity contribution in [1.29, 1.82) is 0 Å². The first-order chi connectivity index (χ1) is 10.9. The van der Waals surface area contributed by atoms with Crippen molar-refractivity contribution in [3.63, 3.8) is 0 Å². The van der Waals surface area contributed by atoms with Crippen molar-refractivity contribution in [2.45, 2.75) is 0 Å². The molecule has 2 nitrogen and oxygen atoms in total. The predicted octanol–water partition coefficient (Wildman–Crippen LogP) is 5.08. The normalized spacial score (nSPS) is 11.2. The third-order valence-corrected chi connectivity index (χ3v) is 3.42. The molecule has 0 fully saturated rings. The Morgan fingerprint density at radius 2 is 1.32 bits per heavy atom. The van der Waals surface area contributed by atoms with Crippen LogP contribution in [0.15, 0.2) is 89.9 Å². The van der Waals surface area contributed by atoms with Gasteiger partial charge in [-0.2, -0.15) is 0 Å². The maximum atomic E-state index is 5.48. The number of para-hydroxylation sites is 1. The van der Waals surface area contributed by atoms with Crippen LogP contribution < -0.4 is 0 Å². The van der Waals surface area contributed by atoms with Gasteiger partial charge in [0.1, 0.15) is 0 Å². The van der Waals surface area contributed by atoms with Crippen molar-refractivity contribution < 1.29 is 4.74 Å². The highest BCUT2D eigenvalue weighted by atomic mass is 16.5. The smallest absolute Gasteiger partial charge is 0.221 e. The van der Waals surface area contributed by atoms with Crippen molar-refractivity contribution in [3.8, 4) is 11.1 Å². The van der Waals surface area contributed by atoms with E-state index < -0.39 is 0 Å². The Hall–Kier alpha value is -2.87. The summed E-state index contributed by atoms with van der Waals surface area (Å²) in [5.41, 5.74) is 4.10. The monoisotopic (exact) mass is 287 g/mol. The van der Waals surface area contributed by atoms with Gasteiger partial charge in [-0.1, -0.05) is 66.7 Å². The van der Waals surface area contributed by atoms with Gasteiger partial charge >= 0.3 is 0 Å². The number of methoxy groups -OCH3 is 1. The minimum atomic E-state index is 0.615. The van der Waals surface area contributed by atoms with E-state index in [0.29, 0.717) is 5.90 Å². The summed E-state index contributed by atoms with van der Waals surface area (Å²) in [5.74, 6) is 0.615. The van der Waals surface area contributed by atoms with Crippen LogP contribution >= 0.6 is 0 Å². The number of hydrogen-bond donors (Lipinski definition) is 0. The van der Waals surface area contributed by atoms with Crippen molar-refractivity contribution in [3.05, 3.63) is 90.5 Å². The molecule has 0 saturated heterocycles. The van der Waals surface area contributed by atoms with Crippen LogP contribution in [0.25, 0.3) is 11.1 Å². The summed E-state index contributed by atoms with van der Waals surface area (Å²) in [6.07, 6.45) is 0. The molecule has 108 valence electrons. The molecule has 0 spiro atoms. The van der Waals surface area contributed by atoms with E-state index in [0.717, 1.165) is 22.4 Å². The zero-order valence-corrected chi connectivity index (χ0v) is 12.4. The lowest BCUT2D eigenvalue weighted by atomic mass is 10.0. The summed E-state index contributed by atoms with van der Waals surface area (Å²) in [7, 11) is 1.65. The molecule has 0 atom stereocenters. The Morgan fingerprint density at radius 1 is 0.727 bits per heavy atom.